The molecule has 152 valence electrons. The van der Waals surface area contributed by atoms with Crippen molar-refractivity contribution in [3.8, 4) is 22.3 Å². The van der Waals surface area contributed by atoms with E-state index in [1.54, 1.807) is 0 Å². The van der Waals surface area contributed by atoms with Crippen molar-refractivity contribution >= 4 is 5.57 Å². The van der Waals surface area contributed by atoms with Crippen molar-refractivity contribution in [3.63, 3.8) is 0 Å². The average Bonchev–Trinajstić information content (AvgIpc) is 3.51. The van der Waals surface area contributed by atoms with Gasteiger partial charge in [0, 0.05) is 5.92 Å². The van der Waals surface area contributed by atoms with Crippen molar-refractivity contribution < 1.29 is 0 Å². The smallest absolute Gasteiger partial charge is 0.0352 e. The Morgan fingerprint density at radius 1 is 0.594 bits per heavy atom. The zero-order valence-corrected chi connectivity index (χ0v) is 18.2. The van der Waals surface area contributed by atoms with E-state index in [-0.39, 0.29) is 0 Å². The van der Waals surface area contributed by atoms with Gasteiger partial charge in [0.15, 0.2) is 0 Å². The molecule has 0 amide bonds. The Hall–Kier alpha value is -3.64. The zero-order valence-electron chi connectivity index (χ0n) is 18.2. The van der Waals surface area contributed by atoms with E-state index in [4.69, 9.17) is 0 Å². The standard InChI is InChI=1S/C32H24/c1-20-11-12-22(15-20)23-13-14-24-16-25-18-30-26-9-5-6-10-27(26)32(21-7-3-2-4-8-21)31(30)19-29(25)28(24)17-23/h2-14,17-19,32H,15-16H2,1H3. The van der Waals surface area contributed by atoms with Crippen LogP contribution in [-0.2, 0) is 6.42 Å². The molecule has 3 aliphatic rings. The van der Waals surface area contributed by atoms with Crippen LogP contribution in [0.1, 0.15) is 52.6 Å². The molecule has 1 atom stereocenters. The maximum Gasteiger partial charge on any atom is 0.0352 e. The van der Waals surface area contributed by atoms with Crippen molar-refractivity contribution in [2.24, 2.45) is 0 Å². The van der Waals surface area contributed by atoms with Gasteiger partial charge in [-0.25, -0.2) is 0 Å². The van der Waals surface area contributed by atoms with Gasteiger partial charge in [0.05, 0.1) is 0 Å². The van der Waals surface area contributed by atoms with Gasteiger partial charge in [-0.15, -0.1) is 0 Å². The molecule has 4 aromatic carbocycles. The van der Waals surface area contributed by atoms with Gasteiger partial charge in [-0.2, -0.15) is 0 Å². The summed E-state index contributed by atoms with van der Waals surface area (Å²) in [6.07, 6.45) is 6.65. The second kappa shape index (κ2) is 6.68. The van der Waals surface area contributed by atoms with Crippen molar-refractivity contribution in [1.82, 2.24) is 0 Å². The van der Waals surface area contributed by atoms with Gasteiger partial charge < -0.3 is 0 Å². The highest BCUT2D eigenvalue weighted by molar-refractivity contribution is 5.89. The summed E-state index contributed by atoms with van der Waals surface area (Å²) in [4.78, 5) is 0. The Labute approximate surface area is 189 Å². The van der Waals surface area contributed by atoms with Crippen molar-refractivity contribution in [3.05, 3.63) is 136 Å². The quantitative estimate of drug-likeness (QED) is 0.271. The molecule has 32 heavy (non-hydrogen) atoms. The highest BCUT2D eigenvalue weighted by Crippen LogP contribution is 2.51. The van der Waals surface area contributed by atoms with Crippen LogP contribution in [0.3, 0.4) is 0 Å². The zero-order chi connectivity index (χ0) is 21.2. The number of benzene rings is 4. The van der Waals surface area contributed by atoms with Gasteiger partial charge in [-0.05, 0) is 99.2 Å². The van der Waals surface area contributed by atoms with E-state index in [1.165, 1.54) is 66.8 Å². The lowest BCUT2D eigenvalue weighted by atomic mass is 9.87. The van der Waals surface area contributed by atoms with Gasteiger partial charge >= 0.3 is 0 Å². The predicted octanol–water partition coefficient (Wildman–Crippen LogP) is 8.15. The predicted molar refractivity (Wildman–Crippen MR) is 134 cm³/mol. The van der Waals surface area contributed by atoms with Crippen molar-refractivity contribution in [2.45, 2.75) is 25.7 Å². The van der Waals surface area contributed by atoms with Crippen molar-refractivity contribution in [1.29, 1.82) is 0 Å². The molecule has 7 rings (SSSR count). The van der Waals surface area contributed by atoms with Crippen LogP contribution < -0.4 is 0 Å². The summed E-state index contributed by atoms with van der Waals surface area (Å²) in [7, 11) is 0. The molecule has 0 heteroatoms. The Morgan fingerprint density at radius 3 is 2.25 bits per heavy atom. The first-order valence-corrected chi connectivity index (χ1v) is 11.6. The first kappa shape index (κ1) is 18.0. The SMILES string of the molecule is CC1=CC=C(c2ccc3c(c2)-c2cc4c(cc2C3)-c2ccccc2C4c2ccccc2)C1. The summed E-state index contributed by atoms with van der Waals surface area (Å²) in [6.45, 7) is 2.22. The summed E-state index contributed by atoms with van der Waals surface area (Å²) in [5.74, 6) is 0.310. The van der Waals surface area contributed by atoms with E-state index in [2.05, 4.69) is 104 Å². The van der Waals surface area contributed by atoms with Crippen LogP contribution in [0.4, 0.5) is 0 Å². The monoisotopic (exact) mass is 408 g/mol. The van der Waals surface area contributed by atoms with Gasteiger partial charge in [0.1, 0.15) is 0 Å². The largest absolute Gasteiger partial charge is 0.0689 e. The molecule has 0 N–H and O–H groups in total. The Bertz CT molecular complexity index is 1460. The summed E-state index contributed by atoms with van der Waals surface area (Å²) in [5.41, 5.74) is 17.1. The average molecular weight is 409 g/mol. The van der Waals surface area contributed by atoms with Crippen LogP contribution in [0.5, 0.6) is 0 Å². The minimum absolute atomic E-state index is 0.310. The van der Waals surface area contributed by atoms with Crippen LogP contribution in [0.2, 0.25) is 0 Å². The third-order valence-electron chi connectivity index (χ3n) is 7.47. The molecule has 0 aromatic heterocycles. The van der Waals surface area contributed by atoms with E-state index in [0.717, 1.165) is 12.8 Å². The molecule has 1 unspecified atom stereocenters. The van der Waals surface area contributed by atoms with E-state index in [9.17, 15) is 0 Å². The van der Waals surface area contributed by atoms with E-state index in [0.29, 0.717) is 5.92 Å². The lowest BCUT2D eigenvalue weighted by Gasteiger charge is -2.15. The highest BCUT2D eigenvalue weighted by atomic mass is 14.4. The Morgan fingerprint density at radius 2 is 1.41 bits per heavy atom. The third-order valence-corrected chi connectivity index (χ3v) is 7.47. The lowest BCUT2D eigenvalue weighted by molar-refractivity contribution is 1.01. The molecule has 0 heterocycles. The maximum absolute atomic E-state index is 2.50. The van der Waals surface area contributed by atoms with Crippen LogP contribution >= 0.6 is 0 Å². The fraction of sp³-hybridized carbons (Fsp3) is 0.125. The summed E-state index contributed by atoms with van der Waals surface area (Å²) in [5, 5.41) is 0. The third kappa shape index (κ3) is 2.56. The molecule has 3 aliphatic carbocycles. The Balaban J connectivity index is 1.40. The maximum atomic E-state index is 2.50. The normalized spacial score (nSPS) is 17.3. The number of fused-ring (bicyclic) bond motifs is 6. The second-order valence-corrected chi connectivity index (χ2v) is 9.46. The lowest BCUT2D eigenvalue weighted by Crippen LogP contribution is -1.99. The van der Waals surface area contributed by atoms with Crippen LogP contribution in [0, 0.1) is 0 Å². The Kier molecular flexibility index (Phi) is 3.75. The molecule has 0 radical (unpaired) electrons. The van der Waals surface area contributed by atoms with Gasteiger partial charge in [0.25, 0.3) is 0 Å². The van der Waals surface area contributed by atoms with E-state index >= 15 is 0 Å². The molecular formula is C32H24. The second-order valence-electron chi connectivity index (χ2n) is 9.46. The van der Waals surface area contributed by atoms with Gasteiger partial charge in [-0.3, -0.25) is 0 Å². The number of hydrogen-bond acceptors (Lipinski definition) is 0. The molecule has 0 fully saturated rings. The van der Waals surface area contributed by atoms with Crippen LogP contribution in [0.25, 0.3) is 27.8 Å². The minimum atomic E-state index is 0.310. The molecule has 0 saturated carbocycles. The summed E-state index contributed by atoms with van der Waals surface area (Å²) >= 11 is 0. The molecule has 0 saturated heterocycles. The van der Waals surface area contributed by atoms with E-state index < -0.39 is 0 Å². The molecule has 0 aliphatic heterocycles. The number of rotatable bonds is 2. The molecular weight excluding hydrogens is 384 g/mol. The van der Waals surface area contributed by atoms with Crippen LogP contribution in [0.15, 0.2) is 103 Å². The first-order chi connectivity index (χ1) is 15.8. The highest BCUT2D eigenvalue weighted by Gasteiger charge is 2.32. The fourth-order valence-electron chi connectivity index (χ4n) is 5.94. The van der Waals surface area contributed by atoms with Crippen LogP contribution in [-0.4, -0.2) is 0 Å². The minimum Gasteiger partial charge on any atom is -0.0689 e. The number of hydrogen-bond donors (Lipinski definition) is 0. The first-order valence-electron chi connectivity index (χ1n) is 11.6. The number of allylic oxidation sites excluding steroid dienone is 4. The summed E-state index contributed by atoms with van der Waals surface area (Å²) in [6, 6.07) is 32.0. The van der Waals surface area contributed by atoms with E-state index in [1.807, 2.05) is 0 Å². The summed E-state index contributed by atoms with van der Waals surface area (Å²) < 4.78 is 0. The van der Waals surface area contributed by atoms with Crippen molar-refractivity contribution in [2.75, 3.05) is 0 Å². The molecule has 0 spiro atoms. The molecule has 4 aromatic rings. The van der Waals surface area contributed by atoms with Gasteiger partial charge in [0.2, 0.25) is 0 Å². The molecule has 0 bridgehead atoms. The molecule has 0 nitrogen and oxygen atoms in total. The van der Waals surface area contributed by atoms with Gasteiger partial charge in [-0.1, -0.05) is 84.5 Å². The topological polar surface area (TPSA) is 0 Å². The fourth-order valence-corrected chi connectivity index (χ4v) is 5.94.